The van der Waals surface area contributed by atoms with Gasteiger partial charge in [0.25, 0.3) is 0 Å². The van der Waals surface area contributed by atoms with Crippen molar-refractivity contribution in [3.8, 4) is 67.4 Å². The highest BCUT2D eigenvalue weighted by molar-refractivity contribution is 5.99. The first-order valence-electron chi connectivity index (χ1n) is 59.5. The molecule has 16 aromatic rings. The maximum Gasteiger partial charge on any atom is 0.220 e. The van der Waals surface area contributed by atoms with Crippen molar-refractivity contribution in [3.05, 3.63) is 348 Å². The third kappa shape index (κ3) is 23.6. The molecule has 6 fully saturated rings. The summed E-state index contributed by atoms with van der Waals surface area (Å²) in [4.78, 5) is 0. The van der Waals surface area contributed by atoms with Gasteiger partial charge in [-0.3, -0.25) is 0 Å². The van der Waals surface area contributed by atoms with Crippen molar-refractivity contribution >= 4 is 53.9 Å². The van der Waals surface area contributed by atoms with E-state index in [1.807, 2.05) is 12.1 Å². The number of aryl methyl sites for hydroxylation is 6. The highest BCUT2D eigenvalue weighted by Gasteiger charge is 2.34. The zero-order chi connectivity index (χ0) is 107. The topological polar surface area (TPSA) is 19.4 Å². The van der Waals surface area contributed by atoms with Gasteiger partial charge in [0.15, 0.2) is 29.4 Å². The van der Waals surface area contributed by atoms with E-state index in [1.54, 1.807) is 27.8 Å². The van der Waals surface area contributed by atoms with Gasteiger partial charge in [-0.15, -0.1) is 0 Å². The normalized spacial score (nSPS) is 16.0. The number of hydrogen-bond acceptors (Lipinski definition) is 0. The molecular weight excluding hydrogens is 1800 g/mol. The van der Waals surface area contributed by atoms with Gasteiger partial charge in [-0.05, 0) is 377 Å². The largest absolute Gasteiger partial charge is 0.220 e. The molecule has 5 nitrogen and oxygen atoms in total. The minimum Gasteiger partial charge on any atom is -0.200 e. The Bertz CT molecular complexity index is 7630. The van der Waals surface area contributed by atoms with Gasteiger partial charge in [0.05, 0.1) is 49.2 Å². The molecule has 0 bridgehead atoms. The van der Waals surface area contributed by atoms with E-state index < -0.39 is 0 Å². The van der Waals surface area contributed by atoms with E-state index in [0.717, 1.165) is 11.8 Å². The van der Waals surface area contributed by atoms with E-state index in [0.29, 0.717) is 65.6 Å². The van der Waals surface area contributed by atoms with Crippen LogP contribution in [0.2, 0.25) is 0 Å². The predicted octanol–water partition coefficient (Wildman–Crippen LogP) is 38.2. The lowest BCUT2D eigenvalue weighted by Crippen LogP contribution is -2.35. The van der Waals surface area contributed by atoms with Crippen molar-refractivity contribution < 1.29 is 25.6 Å². The summed E-state index contributed by atoms with van der Waals surface area (Å²) in [7, 11) is 10.8. The lowest BCUT2D eigenvalue weighted by Gasteiger charge is -2.28. The number of rotatable bonds is 17. The molecule has 0 atom stereocenters. The molecule has 5 aromatic heterocycles. The molecule has 6 saturated carbocycles. The van der Waals surface area contributed by atoms with Crippen molar-refractivity contribution in [2.75, 3.05) is 0 Å². The lowest BCUT2D eigenvalue weighted by molar-refractivity contribution is -0.665. The van der Waals surface area contributed by atoms with E-state index in [2.05, 4.69) is 402 Å². The van der Waals surface area contributed by atoms with Crippen LogP contribution in [0, 0.1) is 62.3 Å². The maximum atomic E-state index is 8.80. The van der Waals surface area contributed by atoms with Gasteiger partial charge >= 0.3 is 0 Å². The van der Waals surface area contributed by atoms with Crippen LogP contribution in [0.25, 0.3) is 121 Å². The van der Waals surface area contributed by atoms with Crippen molar-refractivity contribution in [3.63, 3.8) is 0 Å². The smallest absolute Gasteiger partial charge is 0.200 e. The minimum absolute atomic E-state index is 0.491. The molecular formula is C144H178N5+5. The summed E-state index contributed by atoms with van der Waals surface area (Å²) in [6, 6.07) is 85.7. The third-order valence-electron chi connectivity index (χ3n) is 36.6. The average molecular weight is 1980 g/mol. The molecule has 0 N–H and O–H groups in total. The second-order valence-corrected chi connectivity index (χ2v) is 48.3. The molecule has 22 rings (SSSR count). The van der Waals surface area contributed by atoms with E-state index in [-0.39, 0.29) is 0 Å². The van der Waals surface area contributed by atoms with Gasteiger partial charge in [-0.2, -0.15) is 13.7 Å². The second-order valence-electron chi connectivity index (χ2n) is 48.3. The van der Waals surface area contributed by atoms with E-state index in [1.165, 1.54) is 385 Å². The number of benzene rings is 11. The number of aromatic nitrogens is 5. The molecule has 774 valence electrons. The molecule has 0 amide bonds. The Morgan fingerprint density at radius 2 is 0.503 bits per heavy atom. The van der Waals surface area contributed by atoms with Crippen LogP contribution in [-0.2, 0) is 35.2 Å². The van der Waals surface area contributed by atoms with E-state index in [9.17, 15) is 0 Å². The summed E-state index contributed by atoms with van der Waals surface area (Å²) in [6.45, 7) is 43.0. The second kappa shape index (κ2) is 47.6. The van der Waals surface area contributed by atoms with Gasteiger partial charge in [-0.25, -0.2) is 9.13 Å². The fourth-order valence-electron chi connectivity index (χ4n) is 26.6. The first kappa shape index (κ1) is 105. The highest BCUT2D eigenvalue weighted by atomic mass is 15.0. The molecule has 149 heavy (non-hydrogen) atoms. The minimum atomic E-state index is 0.491. The van der Waals surface area contributed by atoms with Gasteiger partial charge in [0.2, 0.25) is 28.5 Å². The summed E-state index contributed by atoms with van der Waals surface area (Å²) < 4.78 is 28.9. The molecule has 0 spiro atoms. The van der Waals surface area contributed by atoms with Crippen molar-refractivity contribution in [2.45, 2.75) is 376 Å². The number of pyridine rings is 5. The van der Waals surface area contributed by atoms with Crippen LogP contribution in [0.1, 0.15) is 429 Å². The zero-order valence-electron chi connectivity index (χ0n) is 97.7. The zero-order valence-corrected chi connectivity index (χ0v) is 95.7. The van der Waals surface area contributed by atoms with Crippen LogP contribution in [0.3, 0.4) is 0 Å². The Kier molecular flexibility index (Phi) is 33.4. The Morgan fingerprint density at radius 1 is 0.221 bits per heavy atom. The molecule has 5 heterocycles. The van der Waals surface area contributed by atoms with Crippen LogP contribution in [0.5, 0.6) is 0 Å². The van der Waals surface area contributed by atoms with Gasteiger partial charge in [-0.1, -0.05) is 305 Å². The molecule has 11 aromatic carbocycles. The summed E-state index contributed by atoms with van der Waals surface area (Å²) in [5, 5.41) is 13.0. The van der Waals surface area contributed by atoms with Crippen LogP contribution < -0.4 is 22.8 Å². The van der Waals surface area contributed by atoms with Crippen LogP contribution in [0.15, 0.2) is 237 Å². The monoisotopic (exact) mass is 1980 g/mol. The van der Waals surface area contributed by atoms with Crippen molar-refractivity contribution in [1.82, 2.24) is 0 Å². The number of nitrogens with zero attached hydrogens (tertiary/aromatic N) is 5. The molecule has 6 aliphatic carbocycles. The fraction of sp³-hybridized carbons (Fsp3) is 0.438. The molecule has 0 aliphatic heterocycles. The number of hydrogen-bond donors (Lipinski definition) is 0. The quantitative estimate of drug-likeness (QED) is 0.0810. The summed E-state index contributed by atoms with van der Waals surface area (Å²) >= 11 is 0. The highest BCUT2D eigenvalue weighted by Crippen LogP contribution is 2.49. The van der Waals surface area contributed by atoms with Crippen LogP contribution in [-0.4, -0.2) is 0 Å². The molecule has 0 unspecified atom stereocenters. The molecule has 5 heteroatoms. The third-order valence-corrected chi connectivity index (χ3v) is 36.6. The van der Waals surface area contributed by atoms with Gasteiger partial charge in [0, 0.05) is 56.7 Å². The Morgan fingerprint density at radius 3 is 0.852 bits per heavy atom. The predicted molar refractivity (Wildman–Crippen MR) is 637 cm³/mol. The van der Waals surface area contributed by atoms with Crippen molar-refractivity contribution in [2.24, 2.45) is 35.2 Å². The molecule has 0 saturated heterocycles. The average Bonchev–Trinajstić information content (AvgIpc) is 1.73. The molecule has 6 aliphatic rings. The van der Waals surface area contributed by atoms with E-state index in [4.69, 9.17) is 2.74 Å². The Balaban J connectivity index is 0.000000123. The Hall–Kier alpha value is -11.5. The first-order chi connectivity index (χ1) is 72.6. The van der Waals surface area contributed by atoms with E-state index >= 15 is 0 Å². The Labute approximate surface area is 900 Å². The summed E-state index contributed by atoms with van der Waals surface area (Å²) in [6.07, 6.45) is 39.2. The van der Waals surface area contributed by atoms with Crippen molar-refractivity contribution in [1.29, 1.82) is 0 Å². The lowest BCUT2D eigenvalue weighted by atomic mass is 9.76. The van der Waals surface area contributed by atoms with Crippen LogP contribution in [0.4, 0.5) is 0 Å². The van der Waals surface area contributed by atoms with Gasteiger partial charge < -0.3 is 0 Å². The van der Waals surface area contributed by atoms with Crippen LogP contribution >= 0.6 is 0 Å². The molecule has 0 radical (unpaired) electrons. The summed E-state index contributed by atoms with van der Waals surface area (Å²) in [5.74, 6) is 6.89. The standard InChI is InChI=1S/C32H42N.C30H38N.C28H36N.C27H34N.C27H28N/c1-22(2)26-15-16-29-27(19-26)17-18-33(4)32(29)31-21-28(24-11-7-5-8-12-24)20-30(23(31)3)25-13-9-6-10-14-25;1-20(2)24-13-14-27-25(17-24)15-16-31(4)30(27)29-19-26(22-9-5-6-10-22)18-28(21(29)3)23-11-7-8-12-23;1-18(2)23-12-13-26-25(16-23)15-20(4)29(6)28(26)27-17-24(14-19(3)21(27)5)22-10-8-7-9-11-22;2*1-18(2)22-13-14-25-24(16-22)15-20(4)28(5)27(25)26-17-23(12-11-19(26)3)21-9-7-6-8-10-21/h15-22,24-25H,5-14H2,1-4H3;13-20,22-23H,5-12H2,1-4H3;12-18,22H,7-11H2,1-6H3;11-18,21H,6-10H2,1-5H3;6-18H,1-5H3/q5*+1/i18D;16D;;;. The SMILES string of the molecule is Cc1cc(C2CCCCC2)cc(-c2c3ccc(C(C)C)cc3cc(C)[n+]2C)c1C.Cc1ccc(-c2ccccc2)cc1-c1c2ccc(C(C)C)cc2cc(C)[n+]1C.Cc1ccc(C2CCCCC2)cc1-c1c2ccc(C(C)C)cc2cc(C)[n+]1C.[2H]c1cc2cc(C(C)C)ccc2c(-c2cc(C3CCCC3)cc(C3CCCC3)c2C)[n+]1C.[2H]c1cc2cc(C(C)C)ccc2c(-c2cc(C3CCCCC3)cc(C3CCCCC3)c2C)[n+]1C. The summed E-state index contributed by atoms with van der Waals surface area (Å²) in [5.41, 5.74) is 44.4. The first-order valence-corrected chi connectivity index (χ1v) is 58.5. The maximum absolute atomic E-state index is 8.80. The fourth-order valence-corrected chi connectivity index (χ4v) is 26.6. The number of fused-ring (bicyclic) bond motifs is 5. The van der Waals surface area contributed by atoms with Gasteiger partial charge in [0.1, 0.15) is 38.0 Å².